The normalized spacial score (nSPS) is 17.5. The molecule has 1 saturated carbocycles. The minimum atomic E-state index is -0.608. The molecule has 1 fully saturated rings. The highest BCUT2D eigenvalue weighted by atomic mass is 32.1. The Balaban J connectivity index is 1.58. The lowest BCUT2D eigenvalue weighted by Crippen LogP contribution is -2.47. The molecule has 4 heteroatoms. The molecule has 0 atom stereocenters. The monoisotopic (exact) mass is 253 g/mol. The molecule has 94 valence electrons. The second kappa shape index (κ2) is 5.65. The Kier molecular flexibility index (Phi) is 4.18. The van der Waals surface area contributed by atoms with Crippen LogP contribution in [-0.4, -0.2) is 23.2 Å². The number of hydrogen-bond donors (Lipinski definition) is 2. The topological polar surface area (TPSA) is 49.3 Å². The summed E-state index contributed by atoms with van der Waals surface area (Å²) in [6.07, 6.45) is 5.11. The van der Waals surface area contributed by atoms with Crippen molar-refractivity contribution in [2.45, 2.75) is 44.1 Å². The second-order valence-corrected chi connectivity index (χ2v) is 5.82. The van der Waals surface area contributed by atoms with Gasteiger partial charge >= 0.3 is 0 Å². The van der Waals surface area contributed by atoms with Gasteiger partial charge in [0, 0.05) is 17.8 Å². The fraction of sp³-hybridized carbons (Fsp3) is 0.615. The molecule has 1 aromatic heterocycles. The van der Waals surface area contributed by atoms with Crippen molar-refractivity contribution in [2.24, 2.45) is 0 Å². The minimum absolute atomic E-state index is 0.0573. The molecule has 2 N–H and O–H groups in total. The van der Waals surface area contributed by atoms with Crippen molar-refractivity contribution in [2.75, 3.05) is 6.54 Å². The maximum atomic E-state index is 11.5. The Labute approximate surface area is 106 Å². The third-order valence-corrected chi connectivity index (χ3v) is 4.24. The van der Waals surface area contributed by atoms with E-state index in [0.29, 0.717) is 13.0 Å². The Morgan fingerprint density at radius 2 is 2.35 bits per heavy atom. The van der Waals surface area contributed by atoms with Gasteiger partial charge in [0.2, 0.25) is 5.91 Å². The average Bonchev–Trinajstić information content (AvgIpc) is 2.77. The summed E-state index contributed by atoms with van der Waals surface area (Å²) in [5.41, 5.74) is -0.608. The fourth-order valence-corrected chi connectivity index (χ4v) is 2.74. The van der Waals surface area contributed by atoms with E-state index in [1.807, 2.05) is 6.07 Å². The summed E-state index contributed by atoms with van der Waals surface area (Å²) in [5.74, 6) is 0.0573. The van der Waals surface area contributed by atoms with Crippen LogP contribution in [0.5, 0.6) is 0 Å². The molecule has 1 heterocycles. The van der Waals surface area contributed by atoms with Crippen LogP contribution in [0.15, 0.2) is 17.5 Å². The molecular formula is C13H19NO2S. The first-order valence-corrected chi connectivity index (χ1v) is 7.07. The summed E-state index contributed by atoms with van der Waals surface area (Å²) >= 11 is 1.73. The third-order valence-electron chi connectivity index (χ3n) is 3.31. The maximum Gasteiger partial charge on any atom is 0.220 e. The molecule has 1 aliphatic rings. The summed E-state index contributed by atoms with van der Waals surface area (Å²) in [5, 5.41) is 14.7. The van der Waals surface area contributed by atoms with Crippen molar-refractivity contribution in [3.05, 3.63) is 22.4 Å². The maximum absolute atomic E-state index is 11.5. The lowest BCUT2D eigenvalue weighted by molar-refractivity contribution is -0.123. The highest BCUT2D eigenvalue weighted by molar-refractivity contribution is 7.09. The van der Waals surface area contributed by atoms with Crippen LogP contribution in [0.2, 0.25) is 0 Å². The molecule has 1 amide bonds. The van der Waals surface area contributed by atoms with Crippen molar-refractivity contribution in [3.8, 4) is 0 Å². The Morgan fingerprint density at radius 3 is 2.94 bits per heavy atom. The van der Waals surface area contributed by atoms with Gasteiger partial charge in [-0.2, -0.15) is 0 Å². The highest BCUT2D eigenvalue weighted by Crippen LogP contribution is 2.30. The second-order valence-electron chi connectivity index (χ2n) is 4.79. The van der Waals surface area contributed by atoms with Gasteiger partial charge in [-0.05, 0) is 43.6 Å². The van der Waals surface area contributed by atoms with Crippen molar-refractivity contribution in [3.63, 3.8) is 0 Å². The zero-order valence-electron chi connectivity index (χ0n) is 9.95. The molecule has 2 rings (SSSR count). The fourth-order valence-electron chi connectivity index (χ4n) is 1.99. The van der Waals surface area contributed by atoms with E-state index in [0.717, 1.165) is 32.1 Å². The van der Waals surface area contributed by atoms with Gasteiger partial charge in [-0.3, -0.25) is 4.79 Å². The Hall–Kier alpha value is -0.870. The van der Waals surface area contributed by atoms with Crippen molar-refractivity contribution in [1.82, 2.24) is 5.32 Å². The first-order chi connectivity index (χ1) is 8.18. The quantitative estimate of drug-likeness (QED) is 0.815. The van der Waals surface area contributed by atoms with Gasteiger partial charge in [0.15, 0.2) is 0 Å². The van der Waals surface area contributed by atoms with Gasteiger partial charge in [0.1, 0.15) is 0 Å². The molecule has 17 heavy (non-hydrogen) atoms. The lowest BCUT2D eigenvalue weighted by Gasteiger charge is -2.36. The van der Waals surface area contributed by atoms with Gasteiger partial charge in [0.25, 0.3) is 0 Å². The molecule has 0 bridgehead atoms. The van der Waals surface area contributed by atoms with Crippen LogP contribution in [0.25, 0.3) is 0 Å². The first-order valence-electron chi connectivity index (χ1n) is 6.19. The van der Waals surface area contributed by atoms with Gasteiger partial charge in [-0.1, -0.05) is 6.07 Å². The molecular weight excluding hydrogens is 234 g/mol. The number of nitrogens with one attached hydrogen (secondary N) is 1. The highest BCUT2D eigenvalue weighted by Gasteiger charge is 2.34. The molecule has 0 spiro atoms. The molecule has 0 saturated heterocycles. The van der Waals surface area contributed by atoms with Crippen LogP contribution in [0.4, 0.5) is 0 Å². The van der Waals surface area contributed by atoms with Crippen LogP contribution < -0.4 is 5.32 Å². The molecule has 3 nitrogen and oxygen atoms in total. The number of thiophene rings is 1. The summed E-state index contributed by atoms with van der Waals surface area (Å²) in [6, 6.07) is 4.13. The summed E-state index contributed by atoms with van der Waals surface area (Å²) in [6.45, 7) is 0.421. The summed E-state index contributed by atoms with van der Waals surface area (Å²) < 4.78 is 0. The number of aryl methyl sites for hydroxylation is 1. The molecule has 0 unspecified atom stereocenters. The Morgan fingerprint density at radius 1 is 1.53 bits per heavy atom. The number of aliphatic hydroxyl groups is 1. The minimum Gasteiger partial charge on any atom is -0.388 e. The number of carbonyl (C=O) groups excluding carboxylic acids is 1. The summed E-state index contributed by atoms with van der Waals surface area (Å²) in [7, 11) is 0. The van der Waals surface area contributed by atoms with E-state index in [1.54, 1.807) is 11.3 Å². The Bertz CT molecular complexity index is 358. The van der Waals surface area contributed by atoms with Gasteiger partial charge in [-0.15, -0.1) is 11.3 Å². The predicted octanol–water partition coefficient (Wildman–Crippen LogP) is 2.10. The zero-order valence-corrected chi connectivity index (χ0v) is 10.8. The SMILES string of the molecule is O=C(CCCc1cccs1)NCC1(O)CCC1. The van der Waals surface area contributed by atoms with E-state index in [4.69, 9.17) is 0 Å². The van der Waals surface area contributed by atoms with E-state index >= 15 is 0 Å². The predicted molar refractivity (Wildman–Crippen MR) is 69.1 cm³/mol. The lowest BCUT2D eigenvalue weighted by atomic mass is 9.80. The number of hydrogen-bond acceptors (Lipinski definition) is 3. The van der Waals surface area contributed by atoms with Crippen molar-refractivity contribution >= 4 is 17.2 Å². The summed E-state index contributed by atoms with van der Waals surface area (Å²) in [4.78, 5) is 12.9. The number of amides is 1. The largest absolute Gasteiger partial charge is 0.388 e. The molecule has 1 aliphatic carbocycles. The van der Waals surface area contributed by atoms with E-state index in [2.05, 4.69) is 16.8 Å². The first kappa shape index (κ1) is 12.6. The van der Waals surface area contributed by atoms with Gasteiger partial charge in [-0.25, -0.2) is 0 Å². The van der Waals surface area contributed by atoms with Crippen LogP contribution >= 0.6 is 11.3 Å². The molecule has 0 aromatic carbocycles. The molecule has 0 radical (unpaired) electrons. The van der Waals surface area contributed by atoms with E-state index < -0.39 is 5.60 Å². The third kappa shape index (κ3) is 3.82. The van der Waals surface area contributed by atoms with Crippen LogP contribution in [-0.2, 0) is 11.2 Å². The van der Waals surface area contributed by atoms with Crippen molar-refractivity contribution in [1.29, 1.82) is 0 Å². The van der Waals surface area contributed by atoms with Crippen LogP contribution in [0.3, 0.4) is 0 Å². The van der Waals surface area contributed by atoms with Gasteiger partial charge < -0.3 is 10.4 Å². The zero-order chi connectivity index (χ0) is 12.1. The van der Waals surface area contributed by atoms with Crippen LogP contribution in [0, 0.1) is 0 Å². The van der Waals surface area contributed by atoms with E-state index in [9.17, 15) is 9.90 Å². The average molecular weight is 253 g/mol. The molecule has 1 aromatic rings. The molecule has 0 aliphatic heterocycles. The van der Waals surface area contributed by atoms with E-state index in [1.165, 1.54) is 4.88 Å². The van der Waals surface area contributed by atoms with E-state index in [-0.39, 0.29) is 5.91 Å². The number of carbonyl (C=O) groups is 1. The smallest absolute Gasteiger partial charge is 0.220 e. The van der Waals surface area contributed by atoms with Crippen LogP contribution in [0.1, 0.15) is 37.0 Å². The van der Waals surface area contributed by atoms with Crippen molar-refractivity contribution < 1.29 is 9.90 Å². The number of rotatable bonds is 6. The standard InChI is InChI=1S/C13H19NO2S/c15-12(14-10-13(16)7-3-8-13)6-1-4-11-5-2-9-17-11/h2,5,9,16H,1,3-4,6-8,10H2,(H,14,15). The van der Waals surface area contributed by atoms with Gasteiger partial charge in [0.05, 0.1) is 5.60 Å².